The fraction of sp³-hybridized carbons (Fsp3) is 0.333. The van der Waals surface area contributed by atoms with Gasteiger partial charge in [-0.2, -0.15) is 0 Å². The maximum absolute atomic E-state index is 9.14. The average Bonchev–Trinajstić information content (AvgIpc) is 2.14. The van der Waals surface area contributed by atoms with E-state index in [-0.39, 0.29) is 13.2 Å². The van der Waals surface area contributed by atoms with Gasteiger partial charge in [0.05, 0.1) is 0 Å². The van der Waals surface area contributed by atoms with Crippen LogP contribution in [0.1, 0.15) is 0 Å². The molecule has 0 amide bonds. The largest absolute Gasteiger partial charge is 0.491 e. The molecule has 0 aliphatic rings. The normalized spacial score (nSPS) is 12.5. The maximum Gasteiger partial charge on any atom is 0.120 e. The second-order valence-electron chi connectivity index (χ2n) is 2.66. The van der Waals surface area contributed by atoms with E-state index in [1.54, 1.807) is 0 Å². The van der Waals surface area contributed by atoms with Crippen LogP contribution >= 0.6 is 22.6 Å². The molecule has 72 valence electrons. The summed E-state index contributed by atoms with van der Waals surface area (Å²) in [6.45, 7) is 0.473. The predicted octanol–water partition coefficient (Wildman–Crippen LogP) is 0.990. The molecule has 1 aromatic carbocycles. The number of ether oxygens (including phenoxy) is 1. The van der Waals surface area contributed by atoms with E-state index in [0.29, 0.717) is 0 Å². The van der Waals surface area contributed by atoms with Crippen molar-refractivity contribution in [1.29, 1.82) is 0 Å². The predicted molar refractivity (Wildman–Crippen MR) is 59.7 cm³/mol. The standard InChI is InChI=1S/C9H12INO2/c10-7-2-1-3-9(4-7)13-6-8(12)5-11/h1-4,8,12H,5-6,11H2. The van der Waals surface area contributed by atoms with Gasteiger partial charge in [-0.3, -0.25) is 0 Å². The first kappa shape index (κ1) is 10.7. The molecule has 4 heteroatoms. The Morgan fingerprint density at radius 1 is 1.54 bits per heavy atom. The lowest BCUT2D eigenvalue weighted by molar-refractivity contribution is 0.114. The zero-order valence-electron chi connectivity index (χ0n) is 7.11. The van der Waals surface area contributed by atoms with Crippen molar-refractivity contribution in [2.24, 2.45) is 5.73 Å². The van der Waals surface area contributed by atoms with Gasteiger partial charge in [0, 0.05) is 10.1 Å². The van der Waals surface area contributed by atoms with E-state index >= 15 is 0 Å². The number of aliphatic hydroxyl groups excluding tert-OH is 1. The molecule has 0 spiro atoms. The highest BCUT2D eigenvalue weighted by Gasteiger charge is 2.01. The molecule has 0 fully saturated rings. The van der Waals surface area contributed by atoms with E-state index in [1.807, 2.05) is 24.3 Å². The number of hydrogen-bond acceptors (Lipinski definition) is 3. The molecule has 0 aromatic heterocycles. The molecular formula is C9H12INO2. The van der Waals surface area contributed by atoms with Crippen molar-refractivity contribution in [3.8, 4) is 5.75 Å². The molecule has 3 nitrogen and oxygen atoms in total. The van der Waals surface area contributed by atoms with Gasteiger partial charge in [0.15, 0.2) is 0 Å². The van der Waals surface area contributed by atoms with Gasteiger partial charge < -0.3 is 15.6 Å². The topological polar surface area (TPSA) is 55.5 Å². The maximum atomic E-state index is 9.14. The van der Waals surface area contributed by atoms with Crippen molar-refractivity contribution in [3.63, 3.8) is 0 Å². The second-order valence-corrected chi connectivity index (χ2v) is 3.90. The number of rotatable bonds is 4. The highest BCUT2D eigenvalue weighted by molar-refractivity contribution is 14.1. The first-order valence-electron chi connectivity index (χ1n) is 3.99. The molecular weight excluding hydrogens is 281 g/mol. The number of nitrogens with two attached hydrogens (primary N) is 1. The lowest BCUT2D eigenvalue weighted by Gasteiger charge is -2.09. The van der Waals surface area contributed by atoms with Crippen LogP contribution in [0.15, 0.2) is 24.3 Å². The third-order valence-corrected chi connectivity index (χ3v) is 2.18. The summed E-state index contributed by atoms with van der Waals surface area (Å²) in [4.78, 5) is 0. The Bertz CT molecular complexity index is 268. The Morgan fingerprint density at radius 3 is 2.92 bits per heavy atom. The molecule has 1 atom stereocenters. The average molecular weight is 293 g/mol. The van der Waals surface area contributed by atoms with E-state index in [4.69, 9.17) is 15.6 Å². The highest BCUT2D eigenvalue weighted by atomic mass is 127. The summed E-state index contributed by atoms with van der Waals surface area (Å²) in [5.74, 6) is 0.763. The van der Waals surface area contributed by atoms with E-state index < -0.39 is 6.10 Å². The Balaban J connectivity index is 2.45. The summed E-state index contributed by atoms with van der Waals surface area (Å²) < 4.78 is 6.41. The van der Waals surface area contributed by atoms with Crippen LogP contribution < -0.4 is 10.5 Å². The van der Waals surface area contributed by atoms with Crippen molar-refractivity contribution < 1.29 is 9.84 Å². The molecule has 0 bridgehead atoms. The van der Waals surface area contributed by atoms with Crippen LogP contribution in [-0.2, 0) is 0 Å². The molecule has 13 heavy (non-hydrogen) atoms. The second kappa shape index (κ2) is 5.41. The lowest BCUT2D eigenvalue weighted by Crippen LogP contribution is -2.26. The third kappa shape index (κ3) is 3.93. The fourth-order valence-corrected chi connectivity index (χ4v) is 1.33. The third-order valence-electron chi connectivity index (χ3n) is 1.51. The van der Waals surface area contributed by atoms with E-state index in [9.17, 15) is 0 Å². The molecule has 0 saturated carbocycles. The molecule has 0 aliphatic carbocycles. The van der Waals surface area contributed by atoms with Gasteiger partial charge in [-0.05, 0) is 40.8 Å². The molecule has 0 heterocycles. The Kier molecular flexibility index (Phi) is 4.47. The summed E-state index contributed by atoms with van der Waals surface area (Å²) in [5.41, 5.74) is 5.23. The Labute approximate surface area is 91.0 Å². The molecule has 0 radical (unpaired) electrons. The summed E-state index contributed by atoms with van der Waals surface area (Å²) in [7, 11) is 0. The Hall–Kier alpha value is -0.330. The minimum Gasteiger partial charge on any atom is -0.491 e. The number of halogens is 1. The quantitative estimate of drug-likeness (QED) is 0.814. The minimum absolute atomic E-state index is 0.226. The molecule has 0 aliphatic heterocycles. The van der Waals surface area contributed by atoms with Gasteiger partial charge in [-0.1, -0.05) is 6.07 Å². The monoisotopic (exact) mass is 293 g/mol. The smallest absolute Gasteiger partial charge is 0.120 e. The van der Waals surface area contributed by atoms with Gasteiger partial charge in [0.2, 0.25) is 0 Å². The van der Waals surface area contributed by atoms with Crippen LogP contribution in [0.2, 0.25) is 0 Å². The fourth-order valence-electron chi connectivity index (χ4n) is 0.817. The lowest BCUT2D eigenvalue weighted by atomic mass is 10.3. The molecule has 1 unspecified atom stereocenters. The highest BCUT2D eigenvalue weighted by Crippen LogP contribution is 2.14. The molecule has 1 rings (SSSR count). The molecule has 0 saturated heterocycles. The van der Waals surface area contributed by atoms with Crippen LogP contribution in [0.5, 0.6) is 5.75 Å². The van der Waals surface area contributed by atoms with Crippen molar-refractivity contribution in [2.75, 3.05) is 13.2 Å². The van der Waals surface area contributed by atoms with Crippen molar-refractivity contribution in [1.82, 2.24) is 0 Å². The summed E-state index contributed by atoms with van der Waals surface area (Å²) in [5, 5.41) is 9.14. The van der Waals surface area contributed by atoms with E-state index in [1.165, 1.54) is 0 Å². The van der Waals surface area contributed by atoms with Crippen molar-refractivity contribution >= 4 is 22.6 Å². The van der Waals surface area contributed by atoms with E-state index in [0.717, 1.165) is 9.32 Å². The zero-order valence-corrected chi connectivity index (χ0v) is 9.27. The number of benzene rings is 1. The summed E-state index contributed by atoms with van der Waals surface area (Å²) >= 11 is 2.20. The van der Waals surface area contributed by atoms with E-state index in [2.05, 4.69) is 22.6 Å². The van der Waals surface area contributed by atoms with Crippen LogP contribution in [-0.4, -0.2) is 24.4 Å². The van der Waals surface area contributed by atoms with Gasteiger partial charge in [0.25, 0.3) is 0 Å². The van der Waals surface area contributed by atoms with Crippen molar-refractivity contribution in [3.05, 3.63) is 27.8 Å². The first-order chi connectivity index (χ1) is 6.22. The molecule has 1 aromatic rings. The summed E-state index contributed by atoms with van der Waals surface area (Å²) in [6.07, 6.45) is -0.585. The molecule has 3 N–H and O–H groups in total. The van der Waals surface area contributed by atoms with Gasteiger partial charge in [0.1, 0.15) is 18.5 Å². The number of hydrogen-bond donors (Lipinski definition) is 2. The van der Waals surface area contributed by atoms with Gasteiger partial charge in [-0.15, -0.1) is 0 Å². The number of aliphatic hydroxyl groups is 1. The van der Waals surface area contributed by atoms with Gasteiger partial charge >= 0.3 is 0 Å². The van der Waals surface area contributed by atoms with Crippen LogP contribution in [0.25, 0.3) is 0 Å². The van der Waals surface area contributed by atoms with Crippen LogP contribution in [0.4, 0.5) is 0 Å². The first-order valence-corrected chi connectivity index (χ1v) is 5.06. The van der Waals surface area contributed by atoms with Crippen LogP contribution in [0.3, 0.4) is 0 Å². The summed E-state index contributed by atoms with van der Waals surface area (Å²) in [6, 6.07) is 7.65. The minimum atomic E-state index is -0.585. The zero-order chi connectivity index (χ0) is 9.68. The van der Waals surface area contributed by atoms with Gasteiger partial charge in [-0.25, -0.2) is 0 Å². The van der Waals surface area contributed by atoms with Crippen LogP contribution in [0, 0.1) is 3.57 Å². The SMILES string of the molecule is NCC(O)COc1cccc(I)c1. The van der Waals surface area contributed by atoms with Crippen molar-refractivity contribution in [2.45, 2.75) is 6.10 Å². The Morgan fingerprint density at radius 2 is 2.31 bits per heavy atom.